The summed E-state index contributed by atoms with van der Waals surface area (Å²) in [5.41, 5.74) is 12.4. The van der Waals surface area contributed by atoms with Gasteiger partial charge in [-0.05, 0) is 136 Å². The molecule has 0 bridgehead atoms. The predicted molar refractivity (Wildman–Crippen MR) is 214 cm³/mol. The molecule has 0 aromatic heterocycles. The number of hydrogen-bond donors (Lipinski definition) is 0. The number of rotatable bonds is 12. The number of nitro benzene ring substituents is 3. The molecule has 0 spiro atoms. The molecule has 0 aliphatic carbocycles. The van der Waals surface area contributed by atoms with E-state index in [2.05, 4.69) is 75.4 Å². The topological polar surface area (TPSA) is 129 Å². The van der Waals surface area contributed by atoms with Gasteiger partial charge in [-0.3, -0.25) is 30.3 Å². The van der Waals surface area contributed by atoms with Crippen LogP contribution in [0.25, 0.3) is 33.4 Å². The smallest absolute Gasteiger partial charge is 0.258 e. The van der Waals surface area contributed by atoms with Crippen molar-refractivity contribution in [2.45, 2.75) is 53.4 Å². The quantitative estimate of drug-likeness (QED) is 0.0914. The van der Waals surface area contributed by atoms with E-state index in [1.54, 1.807) is 36.4 Å². The first-order valence-electron chi connectivity index (χ1n) is 17.8. The third-order valence-electron chi connectivity index (χ3n) is 9.46. The number of nitrogens with zero attached hydrogens (tertiary/aromatic N) is 3. The normalized spacial score (nSPS) is 11.3. The first kappa shape index (κ1) is 37.3. The third kappa shape index (κ3) is 9.49. The molecule has 6 aromatic rings. The molecule has 0 aliphatic heterocycles. The predicted octanol–water partition coefficient (Wildman–Crippen LogP) is 11.9. The number of non-ortho nitro benzene ring substituents is 3. The van der Waals surface area contributed by atoms with Crippen molar-refractivity contribution < 1.29 is 14.8 Å². The zero-order valence-corrected chi connectivity index (χ0v) is 30.7. The zero-order chi connectivity index (χ0) is 38.6. The Balaban J connectivity index is 1.40. The van der Waals surface area contributed by atoms with E-state index >= 15 is 0 Å². The zero-order valence-electron chi connectivity index (χ0n) is 30.7. The molecule has 272 valence electrons. The van der Waals surface area contributed by atoms with Crippen LogP contribution >= 0.6 is 0 Å². The summed E-state index contributed by atoms with van der Waals surface area (Å²) in [6.45, 7) is 8.71. The van der Waals surface area contributed by atoms with Crippen molar-refractivity contribution in [2.75, 3.05) is 0 Å². The number of nitro groups is 3. The molecule has 6 aromatic carbocycles. The van der Waals surface area contributed by atoms with Crippen molar-refractivity contribution in [3.8, 4) is 33.4 Å². The molecule has 0 amide bonds. The molecule has 0 N–H and O–H groups in total. The fraction of sp³-hybridized carbons (Fsp3) is 0.200. The number of benzene rings is 6. The Bertz CT molecular complexity index is 2340. The van der Waals surface area contributed by atoms with Gasteiger partial charge >= 0.3 is 0 Å². The fourth-order valence-electron chi connectivity index (χ4n) is 6.76. The summed E-state index contributed by atoms with van der Waals surface area (Å²) < 4.78 is 0. The summed E-state index contributed by atoms with van der Waals surface area (Å²) in [4.78, 5) is 32.8. The summed E-state index contributed by atoms with van der Waals surface area (Å²) in [6.07, 6.45) is 3.12. The summed E-state index contributed by atoms with van der Waals surface area (Å²) in [5, 5.41) is 34.0. The minimum atomic E-state index is -0.403. The maximum absolute atomic E-state index is 11.4. The molecular weight excluding hydrogens is 679 g/mol. The summed E-state index contributed by atoms with van der Waals surface area (Å²) >= 11 is 0. The van der Waals surface area contributed by atoms with Gasteiger partial charge in [0.15, 0.2) is 0 Å². The van der Waals surface area contributed by atoms with E-state index in [1.165, 1.54) is 42.0 Å². The maximum Gasteiger partial charge on any atom is 0.269 e. The monoisotopic (exact) mass is 719 g/mol. The molecule has 0 unspecified atom stereocenters. The molecule has 0 atom stereocenters. The van der Waals surface area contributed by atoms with Gasteiger partial charge in [0.1, 0.15) is 0 Å². The molecule has 0 saturated carbocycles. The number of aryl methyl sites for hydroxylation is 2. The molecule has 0 saturated heterocycles. The Kier molecular flexibility index (Phi) is 10.8. The van der Waals surface area contributed by atoms with Gasteiger partial charge in [-0.2, -0.15) is 0 Å². The van der Waals surface area contributed by atoms with Crippen LogP contribution in [0.1, 0.15) is 60.6 Å². The lowest BCUT2D eigenvalue weighted by atomic mass is 9.87. The van der Waals surface area contributed by atoms with Crippen LogP contribution in [0.2, 0.25) is 0 Å². The van der Waals surface area contributed by atoms with Crippen LogP contribution < -0.4 is 0 Å². The Morgan fingerprint density at radius 1 is 0.426 bits per heavy atom. The lowest BCUT2D eigenvalue weighted by molar-refractivity contribution is -0.385. The van der Waals surface area contributed by atoms with E-state index in [9.17, 15) is 30.3 Å². The minimum absolute atomic E-state index is 0.0273. The second kappa shape index (κ2) is 15.6. The van der Waals surface area contributed by atoms with E-state index < -0.39 is 14.8 Å². The molecule has 9 heteroatoms. The highest BCUT2D eigenvalue weighted by Gasteiger charge is 2.15. The van der Waals surface area contributed by atoms with Gasteiger partial charge in [0.05, 0.1) is 14.8 Å². The summed E-state index contributed by atoms with van der Waals surface area (Å²) in [7, 11) is 0. The van der Waals surface area contributed by atoms with Crippen molar-refractivity contribution in [2.24, 2.45) is 5.41 Å². The van der Waals surface area contributed by atoms with Crippen LogP contribution in [0.15, 0.2) is 127 Å². The lowest BCUT2D eigenvalue weighted by Crippen LogP contribution is -2.06. The summed E-state index contributed by atoms with van der Waals surface area (Å²) in [5.74, 6) is 0. The lowest BCUT2D eigenvalue weighted by Gasteiger charge is -2.19. The Morgan fingerprint density at radius 3 is 1.09 bits per heavy atom. The van der Waals surface area contributed by atoms with E-state index in [1.807, 2.05) is 6.92 Å². The van der Waals surface area contributed by atoms with Gasteiger partial charge in [-0.15, -0.1) is 0 Å². The van der Waals surface area contributed by atoms with E-state index in [-0.39, 0.29) is 22.5 Å². The first-order chi connectivity index (χ1) is 25.7. The molecule has 9 nitrogen and oxygen atoms in total. The highest BCUT2D eigenvalue weighted by molar-refractivity contribution is 5.70. The van der Waals surface area contributed by atoms with Gasteiger partial charge in [0, 0.05) is 36.4 Å². The minimum Gasteiger partial charge on any atom is -0.258 e. The van der Waals surface area contributed by atoms with Crippen LogP contribution in [0.3, 0.4) is 0 Å². The fourth-order valence-corrected chi connectivity index (χ4v) is 6.76. The molecule has 0 fully saturated rings. The van der Waals surface area contributed by atoms with Crippen LogP contribution in [0, 0.1) is 42.7 Å². The van der Waals surface area contributed by atoms with Gasteiger partial charge in [0.25, 0.3) is 17.1 Å². The van der Waals surface area contributed by atoms with Gasteiger partial charge in [0.2, 0.25) is 0 Å². The Hall–Kier alpha value is -6.48. The molecule has 54 heavy (non-hydrogen) atoms. The van der Waals surface area contributed by atoms with Crippen molar-refractivity contribution in [1.29, 1.82) is 0 Å². The van der Waals surface area contributed by atoms with Crippen LogP contribution in [-0.4, -0.2) is 14.8 Å². The van der Waals surface area contributed by atoms with Gasteiger partial charge in [-0.25, -0.2) is 0 Å². The van der Waals surface area contributed by atoms with Crippen LogP contribution in [-0.2, 0) is 19.3 Å². The Labute approximate surface area is 314 Å². The van der Waals surface area contributed by atoms with Crippen LogP contribution in [0.4, 0.5) is 17.1 Å². The molecule has 0 heterocycles. The van der Waals surface area contributed by atoms with Crippen molar-refractivity contribution >= 4 is 17.1 Å². The second-order valence-corrected chi connectivity index (χ2v) is 15.1. The van der Waals surface area contributed by atoms with Crippen LogP contribution in [0.5, 0.6) is 0 Å². The maximum atomic E-state index is 11.4. The SMILES string of the molecule is Cc1cc(Cc2cc(Cc3cc(CCC(C)(C)C)cc(-c4ccc([N+](=O)[O-])cc4)c3)cc(-c3ccc([N+](=O)[O-])cc3)c2)cc(-c2ccc([N+](=O)[O-])cc2)c1. The number of hydrogen-bond acceptors (Lipinski definition) is 6. The third-order valence-corrected chi connectivity index (χ3v) is 9.46. The highest BCUT2D eigenvalue weighted by Crippen LogP contribution is 2.32. The second-order valence-electron chi connectivity index (χ2n) is 15.1. The van der Waals surface area contributed by atoms with Crippen molar-refractivity contribution in [1.82, 2.24) is 0 Å². The standard InChI is InChI=1S/C45H41N3O6/c1-30-19-32(26-39(20-30)36-5-11-42(12-6-36)46(49)50)22-34-24-35(29-41(28-34)38-9-15-44(16-10-38)48(53)54)23-33-21-31(17-18-45(2,3)4)25-40(27-33)37-7-13-43(14-8-37)47(51)52/h5-16,19-21,24-29H,17-18,22-23H2,1-4H3. The van der Waals surface area contributed by atoms with E-state index in [0.29, 0.717) is 12.8 Å². The molecule has 0 aliphatic rings. The van der Waals surface area contributed by atoms with E-state index in [4.69, 9.17) is 0 Å². The highest BCUT2D eigenvalue weighted by atomic mass is 16.6. The van der Waals surface area contributed by atoms with Crippen molar-refractivity contribution in [3.63, 3.8) is 0 Å². The largest absolute Gasteiger partial charge is 0.269 e. The average Bonchev–Trinajstić information content (AvgIpc) is 3.13. The Morgan fingerprint density at radius 2 is 0.741 bits per heavy atom. The van der Waals surface area contributed by atoms with Gasteiger partial charge in [-0.1, -0.05) is 80.9 Å². The van der Waals surface area contributed by atoms with E-state index in [0.717, 1.165) is 74.0 Å². The molecule has 0 radical (unpaired) electrons. The molecule has 6 rings (SSSR count). The molecular formula is C45H41N3O6. The average molecular weight is 720 g/mol. The van der Waals surface area contributed by atoms with Crippen molar-refractivity contribution in [3.05, 3.63) is 191 Å². The summed E-state index contributed by atoms with van der Waals surface area (Å²) in [6, 6.07) is 39.2. The first-order valence-corrected chi connectivity index (χ1v) is 17.8. The van der Waals surface area contributed by atoms with Gasteiger partial charge < -0.3 is 0 Å².